The molecule has 1 heterocycles. The zero-order valence-corrected chi connectivity index (χ0v) is 14.9. The molecule has 0 bridgehead atoms. The van der Waals surface area contributed by atoms with Crippen LogP contribution in [0.25, 0.3) is 0 Å². The molecule has 1 aliphatic heterocycles. The minimum atomic E-state index is -0.0949. The number of nitrogens with zero attached hydrogens (tertiary/aromatic N) is 1. The molecule has 1 fully saturated rings. The SMILES string of the molecule is CNC(=O)C1CCCN(C(=O)c2cc(Br)ccc2I)C1. The molecule has 1 atom stereocenters. The number of likely N-dealkylation sites (tertiary alicyclic amines) is 1. The Morgan fingerprint density at radius 3 is 2.90 bits per heavy atom. The summed E-state index contributed by atoms with van der Waals surface area (Å²) in [4.78, 5) is 26.1. The summed E-state index contributed by atoms with van der Waals surface area (Å²) in [6.07, 6.45) is 1.72. The van der Waals surface area contributed by atoms with Gasteiger partial charge in [-0.15, -0.1) is 0 Å². The van der Waals surface area contributed by atoms with E-state index in [0.29, 0.717) is 12.1 Å². The molecular weight excluding hydrogens is 435 g/mol. The van der Waals surface area contributed by atoms with Gasteiger partial charge in [-0.2, -0.15) is 0 Å². The van der Waals surface area contributed by atoms with Crippen molar-refractivity contribution in [3.8, 4) is 0 Å². The van der Waals surface area contributed by atoms with Crippen LogP contribution in [0.15, 0.2) is 22.7 Å². The highest BCUT2D eigenvalue weighted by molar-refractivity contribution is 14.1. The lowest BCUT2D eigenvalue weighted by Crippen LogP contribution is -2.45. The number of halogens is 2. The first kappa shape index (κ1) is 15.8. The Labute approximate surface area is 140 Å². The molecule has 1 aliphatic rings. The smallest absolute Gasteiger partial charge is 0.254 e. The topological polar surface area (TPSA) is 49.4 Å². The Hall–Kier alpha value is -0.630. The number of carbonyl (C=O) groups excluding carboxylic acids is 2. The van der Waals surface area contributed by atoms with Gasteiger partial charge < -0.3 is 10.2 Å². The van der Waals surface area contributed by atoms with Crippen LogP contribution in [0.3, 0.4) is 0 Å². The van der Waals surface area contributed by atoms with Gasteiger partial charge in [0.2, 0.25) is 5.91 Å². The van der Waals surface area contributed by atoms with Gasteiger partial charge in [-0.05, 0) is 53.6 Å². The molecule has 1 aromatic rings. The molecule has 0 aromatic heterocycles. The normalized spacial score (nSPS) is 18.8. The van der Waals surface area contributed by atoms with Gasteiger partial charge in [0.1, 0.15) is 0 Å². The van der Waals surface area contributed by atoms with Crippen molar-refractivity contribution in [2.24, 2.45) is 5.92 Å². The van der Waals surface area contributed by atoms with Crippen molar-refractivity contribution >= 4 is 50.3 Å². The van der Waals surface area contributed by atoms with Gasteiger partial charge in [0.15, 0.2) is 0 Å². The van der Waals surface area contributed by atoms with Gasteiger partial charge in [-0.3, -0.25) is 9.59 Å². The Bertz CT molecular complexity index is 536. The minimum Gasteiger partial charge on any atom is -0.359 e. The standard InChI is InChI=1S/C14H16BrIN2O2/c1-17-13(19)9-3-2-6-18(8-9)14(20)11-7-10(15)4-5-12(11)16/h4-5,7,9H,2-3,6,8H2,1H3,(H,17,19). The number of nitrogens with one attached hydrogen (secondary N) is 1. The lowest BCUT2D eigenvalue weighted by atomic mass is 9.96. The van der Waals surface area contributed by atoms with Crippen LogP contribution in [0.4, 0.5) is 0 Å². The third-order valence-electron chi connectivity index (χ3n) is 3.48. The molecule has 0 radical (unpaired) electrons. The number of carbonyl (C=O) groups is 2. The van der Waals surface area contributed by atoms with Crippen molar-refractivity contribution in [1.82, 2.24) is 10.2 Å². The van der Waals surface area contributed by atoms with Crippen LogP contribution in [-0.2, 0) is 4.79 Å². The summed E-state index contributed by atoms with van der Waals surface area (Å²) >= 11 is 5.56. The summed E-state index contributed by atoms with van der Waals surface area (Å²) in [5, 5.41) is 2.67. The lowest BCUT2D eigenvalue weighted by molar-refractivity contribution is -0.125. The van der Waals surface area contributed by atoms with Crippen LogP contribution in [0.2, 0.25) is 0 Å². The Kier molecular flexibility index (Phi) is 5.42. The van der Waals surface area contributed by atoms with Crippen molar-refractivity contribution in [2.45, 2.75) is 12.8 Å². The fraction of sp³-hybridized carbons (Fsp3) is 0.429. The van der Waals surface area contributed by atoms with E-state index < -0.39 is 0 Å². The fourth-order valence-corrected chi connectivity index (χ4v) is 3.34. The summed E-state index contributed by atoms with van der Waals surface area (Å²) in [5.74, 6) is -0.0711. The maximum atomic E-state index is 12.6. The number of piperidine rings is 1. The predicted molar refractivity (Wildman–Crippen MR) is 89.6 cm³/mol. The van der Waals surface area contributed by atoms with E-state index >= 15 is 0 Å². The van der Waals surface area contributed by atoms with Gasteiger partial charge in [-0.1, -0.05) is 15.9 Å². The van der Waals surface area contributed by atoms with E-state index in [9.17, 15) is 9.59 Å². The first-order valence-electron chi connectivity index (χ1n) is 6.49. The molecule has 1 N–H and O–H groups in total. The largest absolute Gasteiger partial charge is 0.359 e. The molecule has 4 nitrogen and oxygen atoms in total. The number of hydrogen-bond acceptors (Lipinski definition) is 2. The van der Waals surface area contributed by atoms with Crippen molar-refractivity contribution in [3.05, 3.63) is 31.8 Å². The second-order valence-corrected chi connectivity index (χ2v) is 6.91. The van der Waals surface area contributed by atoms with Crippen LogP contribution < -0.4 is 5.32 Å². The molecule has 108 valence electrons. The molecule has 0 aliphatic carbocycles. The first-order chi connectivity index (χ1) is 9.52. The van der Waals surface area contributed by atoms with Gasteiger partial charge in [-0.25, -0.2) is 0 Å². The van der Waals surface area contributed by atoms with Crippen LogP contribution in [0.1, 0.15) is 23.2 Å². The van der Waals surface area contributed by atoms with E-state index in [4.69, 9.17) is 0 Å². The Morgan fingerprint density at radius 2 is 2.20 bits per heavy atom. The van der Waals surface area contributed by atoms with E-state index in [0.717, 1.165) is 27.4 Å². The summed E-state index contributed by atoms with van der Waals surface area (Å²) in [6, 6.07) is 5.67. The highest BCUT2D eigenvalue weighted by Crippen LogP contribution is 2.23. The molecule has 2 rings (SSSR count). The third-order valence-corrected chi connectivity index (χ3v) is 4.92. The van der Waals surface area contributed by atoms with Crippen molar-refractivity contribution in [3.63, 3.8) is 0 Å². The zero-order chi connectivity index (χ0) is 14.7. The quantitative estimate of drug-likeness (QED) is 0.704. The molecule has 20 heavy (non-hydrogen) atoms. The van der Waals surface area contributed by atoms with Gasteiger partial charge >= 0.3 is 0 Å². The average molecular weight is 451 g/mol. The van der Waals surface area contributed by atoms with Crippen molar-refractivity contribution in [1.29, 1.82) is 0 Å². The second-order valence-electron chi connectivity index (χ2n) is 4.83. The predicted octanol–water partition coefficient (Wildman–Crippen LogP) is 2.65. The average Bonchev–Trinajstić information content (AvgIpc) is 2.48. The summed E-state index contributed by atoms with van der Waals surface area (Å²) in [5.41, 5.74) is 0.692. The summed E-state index contributed by atoms with van der Waals surface area (Å²) in [7, 11) is 1.64. The second kappa shape index (κ2) is 6.89. The minimum absolute atomic E-state index is 0.00398. The summed E-state index contributed by atoms with van der Waals surface area (Å²) in [6.45, 7) is 1.22. The molecule has 6 heteroatoms. The summed E-state index contributed by atoms with van der Waals surface area (Å²) < 4.78 is 1.82. The molecule has 2 amide bonds. The maximum Gasteiger partial charge on any atom is 0.254 e. The Balaban J connectivity index is 2.16. The van der Waals surface area contributed by atoms with Crippen LogP contribution in [-0.4, -0.2) is 36.9 Å². The van der Waals surface area contributed by atoms with E-state index in [1.807, 2.05) is 18.2 Å². The molecule has 0 saturated carbocycles. The first-order valence-corrected chi connectivity index (χ1v) is 8.36. The van der Waals surface area contributed by atoms with Crippen LogP contribution in [0, 0.1) is 9.49 Å². The molecule has 1 saturated heterocycles. The van der Waals surface area contributed by atoms with Crippen molar-refractivity contribution < 1.29 is 9.59 Å². The van der Waals surface area contributed by atoms with Crippen LogP contribution in [0.5, 0.6) is 0 Å². The van der Waals surface area contributed by atoms with E-state index in [1.165, 1.54) is 0 Å². The van der Waals surface area contributed by atoms with Crippen LogP contribution >= 0.6 is 38.5 Å². The lowest BCUT2D eigenvalue weighted by Gasteiger charge is -2.32. The highest BCUT2D eigenvalue weighted by Gasteiger charge is 2.29. The zero-order valence-electron chi connectivity index (χ0n) is 11.2. The maximum absolute atomic E-state index is 12.6. The number of rotatable bonds is 2. The molecule has 1 aromatic carbocycles. The molecule has 1 unspecified atom stereocenters. The number of benzene rings is 1. The monoisotopic (exact) mass is 450 g/mol. The molecule has 0 spiro atoms. The number of amides is 2. The Morgan fingerprint density at radius 1 is 1.45 bits per heavy atom. The van der Waals surface area contributed by atoms with Gasteiger partial charge in [0.05, 0.1) is 11.5 Å². The van der Waals surface area contributed by atoms with Gasteiger partial charge in [0.25, 0.3) is 5.91 Å². The van der Waals surface area contributed by atoms with Gasteiger partial charge in [0, 0.05) is 28.2 Å². The van der Waals surface area contributed by atoms with Crippen molar-refractivity contribution in [2.75, 3.05) is 20.1 Å². The van der Waals surface area contributed by atoms with E-state index in [1.54, 1.807) is 11.9 Å². The highest BCUT2D eigenvalue weighted by atomic mass is 127. The van der Waals surface area contributed by atoms with E-state index in [2.05, 4.69) is 43.8 Å². The fourth-order valence-electron chi connectivity index (χ4n) is 2.41. The number of hydrogen-bond donors (Lipinski definition) is 1. The third kappa shape index (κ3) is 3.52. The molecular formula is C14H16BrIN2O2. The van der Waals surface area contributed by atoms with E-state index in [-0.39, 0.29) is 17.7 Å².